The molecule has 0 radical (unpaired) electrons. The molecule has 4 rings (SSSR count). The molecule has 0 spiro atoms. The van der Waals surface area contributed by atoms with Gasteiger partial charge in [-0.1, -0.05) is 36.1 Å². The summed E-state index contributed by atoms with van der Waals surface area (Å²) in [4.78, 5) is 33.4. The van der Waals surface area contributed by atoms with Crippen LogP contribution in [0.15, 0.2) is 84.0 Å². The molecule has 0 saturated carbocycles. The lowest BCUT2D eigenvalue weighted by molar-refractivity contribution is -0.143. The van der Waals surface area contributed by atoms with Crippen molar-refractivity contribution >= 4 is 67.0 Å². The van der Waals surface area contributed by atoms with Crippen molar-refractivity contribution in [2.24, 2.45) is 4.99 Å². The Morgan fingerprint density at radius 2 is 1.89 bits per heavy atom. The summed E-state index contributed by atoms with van der Waals surface area (Å²) in [6.45, 7) is 9.44. The van der Waals surface area contributed by atoms with E-state index >= 15 is 0 Å². The highest BCUT2D eigenvalue weighted by atomic mass is 79.9. The zero-order valence-corrected chi connectivity index (χ0v) is 26.1. The first kappa shape index (κ1) is 28.6. The van der Waals surface area contributed by atoms with Crippen molar-refractivity contribution in [2.75, 3.05) is 12.9 Å². The van der Waals surface area contributed by atoms with E-state index < -0.39 is 12.0 Å². The predicted molar refractivity (Wildman–Crippen MR) is 161 cm³/mol. The third-order valence-electron chi connectivity index (χ3n) is 5.68. The summed E-state index contributed by atoms with van der Waals surface area (Å²) in [6, 6.07) is 11.0. The number of allylic oxidation sites excluding steroid dienone is 1. The third-order valence-corrected chi connectivity index (χ3v) is 8.58. The van der Waals surface area contributed by atoms with Gasteiger partial charge in [-0.15, -0.1) is 11.8 Å². The van der Waals surface area contributed by atoms with E-state index in [0.717, 1.165) is 25.0 Å². The van der Waals surface area contributed by atoms with Gasteiger partial charge in [0.1, 0.15) is 12.4 Å². The molecule has 6 nitrogen and oxygen atoms in total. The summed E-state index contributed by atoms with van der Waals surface area (Å²) in [6.07, 6.45) is 5.19. The van der Waals surface area contributed by atoms with E-state index in [-0.39, 0.29) is 11.7 Å². The van der Waals surface area contributed by atoms with Gasteiger partial charge in [-0.2, -0.15) is 0 Å². The molecule has 10 heteroatoms. The Hall–Kier alpha value is -2.40. The zero-order valence-electron chi connectivity index (χ0n) is 21.3. The van der Waals surface area contributed by atoms with Gasteiger partial charge < -0.3 is 9.47 Å². The van der Waals surface area contributed by atoms with Crippen molar-refractivity contribution in [1.29, 1.82) is 0 Å². The number of thioether (sulfide) groups is 1. The van der Waals surface area contributed by atoms with Crippen LogP contribution >= 0.6 is 55.0 Å². The van der Waals surface area contributed by atoms with E-state index in [1.54, 1.807) is 43.2 Å². The van der Waals surface area contributed by atoms with E-state index in [4.69, 9.17) is 9.47 Å². The topological polar surface area (TPSA) is 69.9 Å². The first-order valence-electron chi connectivity index (χ1n) is 11.7. The number of carbonyl (C=O) groups is 1. The van der Waals surface area contributed by atoms with Gasteiger partial charge in [-0.3, -0.25) is 9.36 Å². The predicted octanol–water partition coefficient (Wildman–Crippen LogP) is 6.00. The van der Waals surface area contributed by atoms with Crippen LogP contribution in [0, 0.1) is 0 Å². The number of aromatic nitrogens is 1. The maximum absolute atomic E-state index is 13.8. The second-order valence-corrected chi connectivity index (χ2v) is 12.3. The largest absolute Gasteiger partial charge is 0.487 e. The van der Waals surface area contributed by atoms with E-state index in [0.29, 0.717) is 33.0 Å². The van der Waals surface area contributed by atoms with Gasteiger partial charge in [0, 0.05) is 4.90 Å². The average Bonchev–Trinajstić information content (AvgIpc) is 3.16. The fourth-order valence-corrected chi connectivity index (χ4v) is 6.96. The van der Waals surface area contributed by atoms with Crippen LogP contribution in [0.1, 0.15) is 37.9 Å². The van der Waals surface area contributed by atoms with Crippen LogP contribution in [0.25, 0.3) is 6.08 Å². The molecule has 0 fully saturated rings. The van der Waals surface area contributed by atoms with Crippen molar-refractivity contribution in [3.63, 3.8) is 0 Å². The second kappa shape index (κ2) is 12.2. The Kier molecular flexibility index (Phi) is 9.18. The van der Waals surface area contributed by atoms with Gasteiger partial charge in [0.25, 0.3) is 5.56 Å². The average molecular weight is 678 g/mol. The maximum Gasteiger partial charge on any atom is 0.338 e. The summed E-state index contributed by atoms with van der Waals surface area (Å²) in [7, 11) is 0. The SMILES string of the molecule is C=CCOc1c(Br)cc(/C=c2\sc3n(c2=O)[C@@H](c2ccc(SC)cc2)C(C(=O)OC(C)C)=C(C)N=3)cc1Br. The minimum absolute atomic E-state index is 0.228. The fraction of sp³-hybridized carbons (Fsp3) is 0.250. The van der Waals surface area contributed by atoms with Crippen molar-refractivity contribution in [1.82, 2.24) is 4.57 Å². The number of rotatable bonds is 8. The number of ether oxygens (including phenoxy) is 2. The number of benzene rings is 2. The lowest BCUT2D eigenvalue weighted by Crippen LogP contribution is -2.40. The molecule has 1 aromatic heterocycles. The molecule has 3 aromatic rings. The van der Waals surface area contributed by atoms with E-state index in [2.05, 4.69) is 43.4 Å². The lowest BCUT2D eigenvalue weighted by atomic mass is 9.96. The van der Waals surface area contributed by atoms with Gasteiger partial charge in [0.2, 0.25) is 0 Å². The van der Waals surface area contributed by atoms with Crippen molar-refractivity contribution < 1.29 is 14.3 Å². The minimum atomic E-state index is -0.649. The molecule has 198 valence electrons. The molecule has 0 saturated heterocycles. The van der Waals surface area contributed by atoms with Gasteiger partial charge in [-0.05, 0) is 100 Å². The molecule has 1 aliphatic heterocycles. The Morgan fingerprint density at radius 3 is 2.47 bits per heavy atom. The summed E-state index contributed by atoms with van der Waals surface area (Å²) in [5.74, 6) is 0.179. The molecule has 0 N–H and O–H groups in total. The smallest absolute Gasteiger partial charge is 0.338 e. The standard InChI is InChI=1S/C28H26Br2N2O4S2/c1-6-11-35-25-20(29)12-17(13-21(25)30)14-22-26(33)32-24(18-7-9-19(37-5)10-8-18)23(27(34)36-15(2)3)16(4)31-28(32)38-22/h6-10,12-15,24H,1,11H2,2-5H3/b22-14-/t24-/m0/s1. The van der Waals surface area contributed by atoms with Crippen LogP contribution in [0.2, 0.25) is 0 Å². The molecule has 38 heavy (non-hydrogen) atoms. The van der Waals surface area contributed by atoms with Crippen molar-refractivity contribution in [3.05, 3.63) is 100 Å². The number of halogens is 2. The van der Waals surface area contributed by atoms with Gasteiger partial charge in [-0.25, -0.2) is 9.79 Å². The molecular weight excluding hydrogens is 652 g/mol. The molecule has 2 aromatic carbocycles. The van der Waals surface area contributed by atoms with Crippen molar-refractivity contribution in [3.8, 4) is 5.75 Å². The Morgan fingerprint density at radius 1 is 1.24 bits per heavy atom. The highest BCUT2D eigenvalue weighted by Gasteiger charge is 2.33. The highest BCUT2D eigenvalue weighted by molar-refractivity contribution is 9.11. The monoisotopic (exact) mass is 676 g/mol. The van der Waals surface area contributed by atoms with Crippen LogP contribution in [-0.4, -0.2) is 29.5 Å². The van der Waals surface area contributed by atoms with Crippen LogP contribution in [0.4, 0.5) is 0 Å². The van der Waals surface area contributed by atoms with E-state index in [1.165, 1.54) is 11.3 Å². The van der Waals surface area contributed by atoms with E-state index in [1.807, 2.05) is 48.7 Å². The van der Waals surface area contributed by atoms with Gasteiger partial charge in [0.15, 0.2) is 4.80 Å². The highest BCUT2D eigenvalue weighted by Crippen LogP contribution is 2.35. The molecular formula is C28H26Br2N2O4S2. The van der Waals surface area contributed by atoms with Gasteiger partial charge in [0.05, 0.1) is 36.9 Å². The first-order chi connectivity index (χ1) is 18.1. The quantitative estimate of drug-likeness (QED) is 0.166. The summed E-state index contributed by atoms with van der Waals surface area (Å²) < 4.78 is 14.9. The normalized spacial score (nSPS) is 15.3. The molecule has 2 heterocycles. The summed E-state index contributed by atoms with van der Waals surface area (Å²) in [5, 5.41) is 0. The zero-order chi connectivity index (χ0) is 27.6. The third kappa shape index (κ3) is 5.93. The Bertz CT molecular complexity index is 1580. The molecule has 0 bridgehead atoms. The Labute approximate surface area is 246 Å². The molecule has 0 unspecified atom stereocenters. The van der Waals surface area contributed by atoms with Gasteiger partial charge >= 0.3 is 5.97 Å². The number of carbonyl (C=O) groups excluding carboxylic acids is 1. The molecule has 0 aliphatic carbocycles. The second-order valence-electron chi connectivity index (χ2n) is 8.72. The van der Waals surface area contributed by atoms with Crippen LogP contribution < -0.4 is 19.6 Å². The Balaban J connectivity index is 1.88. The summed E-state index contributed by atoms with van der Waals surface area (Å²) >= 11 is 10.0. The van der Waals surface area contributed by atoms with Crippen molar-refractivity contribution in [2.45, 2.75) is 37.8 Å². The number of esters is 1. The number of nitrogens with zero attached hydrogens (tertiary/aromatic N) is 2. The van der Waals surface area contributed by atoms with E-state index in [9.17, 15) is 9.59 Å². The maximum atomic E-state index is 13.8. The van der Waals surface area contributed by atoms with Crippen LogP contribution in [0.3, 0.4) is 0 Å². The first-order valence-corrected chi connectivity index (χ1v) is 15.4. The summed E-state index contributed by atoms with van der Waals surface area (Å²) in [5.41, 5.74) is 2.29. The van der Waals surface area contributed by atoms with Crippen LogP contribution in [0.5, 0.6) is 5.75 Å². The number of hydrogen-bond donors (Lipinski definition) is 0. The minimum Gasteiger partial charge on any atom is -0.487 e. The van der Waals surface area contributed by atoms with Crippen LogP contribution in [-0.2, 0) is 9.53 Å². The number of thiazole rings is 1. The number of fused-ring (bicyclic) bond motifs is 1. The number of hydrogen-bond acceptors (Lipinski definition) is 7. The molecule has 1 aliphatic rings. The molecule has 0 amide bonds. The lowest BCUT2D eigenvalue weighted by Gasteiger charge is -2.25. The molecule has 1 atom stereocenters. The fourth-order valence-electron chi connectivity index (χ4n) is 4.06.